The van der Waals surface area contributed by atoms with Crippen LogP contribution in [-0.4, -0.2) is 49.1 Å². The van der Waals surface area contributed by atoms with Crippen molar-refractivity contribution >= 4 is 5.91 Å². The highest BCUT2D eigenvalue weighted by molar-refractivity contribution is 5.83. The highest BCUT2D eigenvalue weighted by Crippen LogP contribution is 2.34. The minimum atomic E-state index is -0.0964. The molecule has 0 spiro atoms. The number of benzene rings is 1. The van der Waals surface area contributed by atoms with Crippen LogP contribution in [-0.2, 0) is 10.2 Å². The Kier molecular flexibility index (Phi) is 4.33. The third-order valence-electron chi connectivity index (χ3n) is 6.13. The highest BCUT2D eigenvalue weighted by atomic mass is 16.2. The Bertz CT molecular complexity index is 592. The van der Waals surface area contributed by atoms with Crippen molar-refractivity contribution in [1.82, 2.24) is 21.1 Å². The van der Waals surface area contributed by atoms with Crippen LogP contribution in [0.1, 0.15) is 31.7 Å². The lowest BCUT2D eigenvalue weighted by atomic mass is 9.75. The molecule has 3 fully saturated rings. The Hall–Kier alpha value is -1.43. The smallest absolute Gasteiger partial charge is 0.241 e. The van der Waals surface area contributed by atoms with E-state index in [4.69, 9.17) is 0 Å². The summed E-state index contributed by atoms with van der Waals surface area (Å²) in [6.07, 6.45) is 3.30. The topological polar surface area (TPSA) is 56.4 Å². The first-order valence-electron chi connectivity index (χ1n) is 9.23. The fourth-order valence-electron chi connectivity index (χ4n) is 4.66. The summed E-state index contributed by atoms with van der Waals surface area (Å²) in [5, 5.41) is 3.44. The molecule has 0 bridgehead atoms. The number of likely N-dealkylation sites (tertiary alicyclic amines) is 1. The molecule has 4 unspecified atom stereocenters. The Morgan fingerprint density at radius 3 is 2.92 bits per heavy atom. The monoisotopic (exact) mass is 328 g/mol. The third-order valence-corrected chi connectivity index (χ3v) is 6.13. The Morgan fingerprint density at radius 1 is 1.25 bits per heavy atom. The zero-order valence-electron chi connectivity index (χ0n) is 14.4. The number of nitrogens with zero attached hydrogens (tertiary/aromatic N) is 1. The predicted octanol–water partition coefficient (Wildman–Crippen LogP) is 1.02. The lowest BCUT2D eigenvalue weighted by molar-refractivity contribution is -0.136. The molecule has 0 radical (unpaired) electrons. The number of nitrogens with one attached hydrogen (secondary N) is 3. The quantitative estimate of drug-likeness (QED) is 0.759. The van der Waals surface area contributed by atoms with Crippen LogP contribution in [0, 0.1) is 5.92 Å². The van der Waals surface area contributed by atoms with Crippen molar-refractivity contribution in [2.24, 2.45) is 5.92 Å². The van der Waals surface area contributed by atoms with Gasteiger partial charge in [0.05, 0.1) is 0 Å². The van der Waals surface area contributed by atoms with Gasteiger partial charge in [-0.05, 0) is 31.4 Å². The number of piperidine rings is 2. The van der Waals surface area contributed by atoms with Gasteiger partial charge in [0.15, 0.2) is 0 Å². The Labute approximate surface area is 144 Å². The van der Waals surface area contributed by atoms with E-state index < -0.39 is 0 Å². The summed E-state index contributed by atoms with van der Waals surface area (Å²) in [4.78, 5) is 15.3. The van der Waals surface area contributed by atoms with E-state index in [1.54, 1.807) is 0 Å². The van der Waals surface area contributed by atoms with Crippen LogP contribution in [0.3, 0.4) is 0 Å². The number of hydrogen-bond acceptors (Lipinski definition) is 4. The van der Waals surface area contributed by atoms with E-state index >= 15 is 0 Å². The fraction of sp³-hybridized carbons (Fsp3) is 0.632. The number of rotatable bonds is 2. The van der Waals surface area contributed by atoms with E-state index in [0.29, 0.717) is 12.0 Å². The summed E-state index contributed by atoms with van der Waals surface area (Å²) in [7, 11) is 0. The van der Waals surface area contributed by atoms with Gasteiger partial charge in [-0.15, -0.1) is 0 Å². The first-order valence-corrected chi connectivity index (χ1v) is 9.23. The van der Waals surface area contributed by atoms with Crippen molar-refractivity contribution in [1.29, 1.82) is 0 Å². The molecule has 130 valence electrons. The molecule has 3 saturated heterocycles. The third kappa shape index (κ3) is 2.85. The Morgan fingerprint density at radius 2 is 2.08 bits per heavy atom. The molecule has 4 rings (SSSR count). The predicted molar refractivity (Wildman–Crippen MR) is 94.4 cm³/mol. The van der Waals surface area contributed by atoms with Gasteiger partial charge in [0.2, 0.25) is 5.91 Å². The number of amides is 1. The number of carbonyl (C=O) groups excluding carboxylic acids is 1. The molecule has 1 amide bonds. The van der Waals surface area contributed by atoms with Crippen LogP contribution in [0.2, 0.25) is 0 Å². The molecule has 3 aliphatic rings. The number of hydrogen-bond donors (Lipinski definition) is 3. The number of fused-ring (bicyclic) bond motifs is 1. The van der Waals surface area contributed by atoms with Gasteiger partial charge < -0.3 is 10.2 Å². The van der Waals surface area contributed by atoms with Crippen molar-refractivity contribution < 1.29 is 4.79 Å². The van der Waals surface area contributed by atoms with Gasteiger partial charge in [0.1, 0.15) is 6.04 Å². The largest absolute Gasteiger partial charge is 0.340 e. The molecule has 5 heteroatoms. The van der Waals surface area contributed by atoms with E-state index in [1.807, 2.05) is 0 Å². The molecule has 1 aromatic rings. The van der Waals surface area contributed by atoms with E-state index in [0.717, 1.165) is 45.4 Å². The maximum atomic E-state index is 13.2. The van der Waals surface area contributed by atoms with Crippen LogP contribution in [0.25, 0.3) is 0 Å². The lowest BCUT2D eigenvalue weighted by Gasteiger charge is -2.42. The molecule has 0 saturated carbocycles. The fourth-order valence-corrected chi connectivity index (χ4v) is 4.66. The van der Waals surface area contributed by atoms with Gasteiger partial charge in [-0.1, -0.05) is 37.3 Å². The minimum Gasteiger partial charge on any atom is -0.340 e. The second kappa shape index (κ2) is 6.47. The summed E-state index contributed by atoms with van der Waals surface area (Å²) in [5.41, 5.74) is 8.03. The van der Waals surface area contributed by atoms with Crippen molar-refractivity contribution in [3.63, 3.8) is 0 Å². The summed E-state index contributed by atoms with van der Waals surface area (Å²) in [5.74, 6) is 0.622. The molecule has 3 heterocycles. The van der Waals surface area contributed by atoms with Crippen molar-refractivity contribution in [3.05, 3.63) is 35.9 Å². The number of carbonyl (C=O) groups is 1. The summed E-state index contributed by atoms with van der Waals surface area (Å²) < 4.78 is 0. The van der Waals surface area contributed by atoms with Crippen LogP contribution >= 0.6 is 0 Å². The molecule has 4 atom stereocenters. The molecule has 3 N–H and O–H groups in total. The molecule has 1 aromatic carbocycles. The van der Waals surface area contributed by atoms with Crippen LogP contribution in [0.5, 0.6) is 0 Å². The van der Waals surface area contributed by atoms with Crippen LogP contribution < -0.4 is 16.2 Å². The van der Waals surface area contributed by atoms with E-state index in [1.165, 1.54) is 5.56 Å². The summed E-state index contributed by atoms with van der Waals surface area (Å²) in [6, 6.07) is 11.0. The van der Waals surface area contributed by atoms with Crippen LogP contribution in [0.4, 0.5) is 0 Å². The van der Waals surface area contributed by atoms with Gasteiger partial charge in [0, 0.05) is 37.0 Å². The van der Waals surface area contributed by atoms with Gasteiger partial charge >= 0.3 is 0 Å². The van der Waals surface area contributed by atoms with Gasteiger partial charge in [-0.3, -0.25) is 10.2 Å². The minimum absolute atomic E-state index is 0.0609. The molecule has 3 aliphatic heterocycles. The van der Waals surface area contributed by atoms with Crippen molar-refractivity contribution in [2.75, 3.05) is 26.2 Å². The SMILES string of the molecule is CC1(c2ccccc2)CCCN(C(=O)C2NNC3CCNCC32)C1. The highest BCUT2D eigenvalue weighted by Gasteiger charge is 2.44. The molecule has 0 aliphatic carbocycles. The zero-order valence-corrected chi connectivity index (χ0v) is 14.4. The van der Waals surface area contributed by atoms with Crippen molar-refractivity contribution in [3.8, 4) is 0 Å². The molecular formula is C19H28N4O. The van der Waals surface area contributed by atoms with Crippen LogP contribution in [0.15, 0.2) is 30.3 Å². The second-order valence-corrected chi connectivity index (χ2v) is 7.82. The first kappa shape index (κ1) is 16.1. The maximum Gasteiger partial charge on any atom is 0.241 e. The van der Waals surface area contributed by atoms with Gasteiger partial charge in [0.25, 0.3) is 0 Å². The summed E-state index contributed by atoms with van der Waals surface area (Å²) >= 11 is 0. The maximum absolute atomic E-state index is 13.2. The average molecular weight is 328 g/mol. The summed E-state index contributed by atoms with van der Waals surface area (Å²) in [6.45, 7) is 5.95. The van der Waals surface area contributed by atoms with E-state index in [-0.39, 0.29) is 17.4 Å². The number of hydrazine groups is 1. The van der Waals surface area contributed by atoms with Gasteiger partial charge in [-0.2, -0.15) is 0 Å². The average Bonchev–Trinajstić information content (AvgIpc) is 3.06. The second-order valence-electron chi connectivity index (χ2n) is 7.82. The van der Waals surface area contributed by atoms with E-state index in [9.17, 15) is 4.79 Å². The Balaban J connectivity index is 1.49. The zero-order chi connectivity index (χ0) is 16.6. The molecule has 0 aromatic heterocycles. The standard InChI is InChI=1S/C19H28N4O/c1-19(14-6-3-2-4-7-14)9-5-11-23(13-19)18(24)17-15-12-20-10-8-16(15)21-22-17/h2-4,6-7,15-17,20-22H,5,8-13H2,1H3. The molecule has 5 nitrogen and oxygen atoms in total. The first-order chi connectivity index (χ1) is 11.7. The van der Waals surface area contributed by atoms with Crippen molar-refractivity contribution in [2.45, 2.75) is 43.7 Å². The molecular weight excluding hydrogens is 300 g/mol. The normalized spacial score (nSPS) is 36.4. The van der Waals surface area contributed by atoms with Gasteiger partial charge in [-0.25, -0.2) is 5.43 Å². The lowest BCUT2D eigenvalue weighted by Crippen LogP contribution is -2.55. The molecule has 24 heavy (non-hydrogen) atoms. The van der Waals surface area contributed by atoms with E-state index in [2.05, 4.69) is 58.3 Å².